The van der Waals surface area contributed by atoms with E-state index in [1.165, 1.54) is 0 Å². The van der Waals surface area contributed by atoms with Gasteiger partial charge < -0.3 is 48.9 Å². The van der Waals surface area contributed by atoms with Gasteiger partial charge >= 0.3 is 19.5 Å². The van der Waals surface area contributed by atoms with E-state index in [9.17, 15) is 0 Å². The van der Waals surface area contributed by atoms with E-state index in [2.05, 4.69) is 0 Å². The second-order valence-electron chi connectivity index (χ2n) is 20.8. The molecule has 0 unspecified atom stereocenters. The van der Waals surface area contributed by atoms with Crippen LogP contribution in [0.15, 0.2) is 146 Å². The smallest absolute Gasteiger partial charge is 0.453 e. The van der Waals surface area contributed by atoms with Gasteiger partial charge in [0.15, 0.2) is 34.5 Å². The number of hydrogen-bond donors (Lipinski definition) is 0. The molecule has 0 amide bonds. The zero-order valence-corrected chi connectivity index (χ0v) is 62.9. The second kappa shape index (κ2) is 27.2. The van der Waals surface area contributed by atoms with Gasteiger partial charge in [-0.15, -0.1) is 0 Å². The van der Waals surface area contributed by atoms with Crippen molar-refractivity contribution >= 4 is 230 Å². The number of rotatable bonds is 10. The largest absolute Gasteiger partial charge is 2.00 e. The summed E-state index contributed by atoms with van der Waals surface area (Å²) in [7, 11) is 0. The first-order chi connectivity index (χ1) is 46.3. The molecular formula is C68H24Cl16N8O4Zn. The zero-order valence-electron chi connectivity index (χ0n) is 47.8. The first-order valence-electron chi connectivity index (χ1n) is 27.7. The van der Waals surface area contributed by atoms with Gasteiger partial charge in [-0.1, -0.05) is 295 Å². The molecule has 97 heavy (non-hydrogen) atoms. The molecule has 10 aromatic carbocycles. The van der Waals surface area contributed by atoms with Gasteiger partial charge in [-0.2, -0.15) is 0 Å². The maximum absolute atomic E-state index is 7.65. The third-order valence-corrected chi connectivity index (χ3v) is 21.2. The van der Waals surface area contributed by atoms with Crippen LogP contribution in [0.5, 0.6) is 46.0 Å². The number of para-hydroxylation sites is 4. The Balaban J connectivity index is 0.00000807. The molecule has 8 bridgehead atoms. The van der Waals surface area contributed by atoms with Crippen molar-refractivity contribution in [3.05, 3.63) is 226 Å². The van der Waals surface area contributed by atoms with E-state index in [0.717, 1.165) is 11.1 Å². The fraction of sp³-hybridized carbons (Fsp3) is 0. The molecule has 0 saturated carbocycles. The molecule has 0 saturated heterocycles. The van der Waals surface area contributed by atoms with Crippen LogP contribution in [0.3, 0.4) is 0 Å². The standard InChI is InChI=1S/C68H24Cl16N8O4.Zn/c69-29-19-11-20-30(70)55(29)95-59-49(79)41-38(46(76)54(59)84)64-88-65-39-35(43(73)51(81)57(47(39)77)93-33-23-9-7-17-27(33)25-13-3-1-4-14-25)61(86-65)85-62-37-42(50(80)60(53(83)45(37)75)96-56-31(71)21-12-22-32(56)72)68(87-62)92-66-40-36(63(89-66)90-67(41)91-64)44(74)52(82)58(48(40)78)94-34-24-10-8-18-28(34)26-15-5-2-6-16-26;/h1-24H;/q-2;+2. The van der Waals surface area contributed by atoms with Crippen molar-refractivity contribution in [2.24, 2.45) is 0 Å². The second-order valence-corrected chi connectivity index (χ2v) is 27.0. The maximum atomic E-state index is 7.65. The quantitative estimate of drug-likeness (QED) is 0.0950. The molecule has 13 aromatic rings. The van der Waals surface area contributed by atoms with Crippen LogP contribution in [0, 0.1) is 0 Å². The number of fused-ring (bicyclic) bond motifs is 20. The van der Waals surface area contributed by atoms with Crippen LogP contribution in [0.4, 0.5) is 0 Å². The van der Waals surface area contributed by atoms with E-state index < -0.39 is 0 Å². The Morgan fingerprint density at radius 1 is 0.237 bits per heavy atom. The number of halogens is 16. The van der Waals surface area contributed by atoms with E-state index in [1.54, 1.807) is 60.7 Å². The van der Waals surface area contributed by atoms with Gasteiger partial charge in [0.2, 0.25) is 0 Å². The number of ether oxygens (including phenoxy) is 4. The molecule has 5 heterocycles. The van der Waals surface area contributed by atoms with Gasteiger partial charge in [0.05, 0.1) is 83.6 Å². The minimum atomic E-state index is -0.230. The molecule has 2 aliphatic rings. The summed E-state index contributed by atoms with van der Waals surface area (Å²) in [6, 6.07) is 42.9. The molecule has 0 fully saturated rings. The van der Waals surface area contributed by atoms with Crippen LogP contribution in [0.1, 0.15) is 0 Å². The SMILES string of the molecule is Clc1cccc(Cl)c1Oc1c(Cl)c(Cl)c2c3nc4nc(nc5[n-]c(nc6nc(nc([n-]3)c2c1Cl)-c1c(Cl)c(Cl)c(Oc2ccccc2-c2ccccc2)c(Cl)c1-6)c1c(Cl)c(Oc2c(Cl)cccc2Cl)c(Cl)c(Cl)c51)-c1c(Cl)c(Cl)c(Oc2ccccc2-c2ccccc2)c(Cl)c1-4.[Zn+2]. The third-order valence-electron chi connectivity index (χ3n) is 15.2. The summed E-state index contributed by atoms with van der Waals surface area (Å²) >= 11 is 116. The predicted molar refractivity (Wildman–Crippen MR) is 391 cm³/mol. The van der Waals surface area contributed by atoms with E-state index >= 15 is 0 Å². The number of hydrogen-bond acceptors (Lipinski definition) is 10. The Kier molecular flexibility index (Phi) is 19.1. The number of nitrogens with zero attached hydrogens (tertiary/aromatic N) is 8. The number of aromatic nitrogens is 8. The monoisotopic (exact) mass is 1640 g/mol. The van der Waals surface area contributed by atoms with Gasteiger partial charge in [0.1, 0.15) is 31.6 Å². The van der Waals surface area contributed by atoms with Crippen LogP contribution >= 0.6 is 186 Å². The van der Waals surface area contributed by atoms with Gasteiger partial charge in [0, 0.05) is 77.5 Å². The predicted octanol–water partition coefficient (Wildman–Crippen LogP) is 27.1. The summed E-state index contributed by atoms with van der Waals surface area (Å²) in [5.41, 5.74) is 2.22. The summed E-state index contributed by atoms with van der Waals surface area (Å²) < 4.78 is 26.2. The van der Waals surface area contributed by atoms with E-state index in [4.69, 9.17) is 244 Å². The van der Waals surface area contributed by atoms with Gasteiger partial charge in [-0.3, -0.25) is 0 Å². The third kappa shape index (κ3) is 11.7. The Morgan fingerprint density at radius 3 is 0.856 bits per heavy atom. The summed E-state index contributed by atoms with van der Waals surface area (Å²) in [6.07, 6.45) is 0. The van der Waals surface area contributed by atoms with Gasteiger partial charge in [-0.25, -0.2) is 9.97 Å². The molecule has 3 aromatic heterocycles. The molecule has 12 nitrogen and oxygen atoms in total. The average Bonchev–Trinajstić information content (AvgIpc) is 1.59. The topological polar surface area (TPSA) is 142 Å². The Labute approximate surface area is 641 Å². The molecule has 0 aliphatic carbocycles. The molecule has 474 valence electrons. The van der Waals surface area contributed by atoms with Gasteiger partial charge in [-0.05, 0) is 47.5 Å². The van der Waals surface area contributed by atoms with Crippen molar-refractivity contribution < 1.29 is 38.4 Å². The molecule has 0 spiro atoms. The average molecular weight is 1650 g/mol. The molecule has 0 atom stereocenters. The van der Waals surface area contributed by atoms with Crippen LogP contribution < -0.4 is 28.9 Å². The minimum Gasteiger partial charge on any atom is -0.453 e. The zero-order chi connectivity index (χ0) is 66.9. The first-order valence-corrected chi connectivity index (χ1v) is 33.7. The molecule has 29 heteroatoms. The normalized spacial score (nSPS) is 11.6. The van der Waals surface area contributed by atoms with Crippen molar-refractivity contribution in [3.63, 3.8) is 0 Å². The summed E-state index contributed by atoms with van der Waals surface area (Å²) in [5.74, 6) is -0.802. The fourth-order valence-corrected chi connectivity index (χ4v) is 15.3. The first kappa shape index (κ1) is 68.2. The van der Waals surface area contributed by atoms with Crippen molar-refractivity contribution in [3.8, 4) is 114 Å². The van der Waals surface area contributed by atoms with Gasteiger partial charge in [0.25, 0.3) is 0 Å². The Bertz CT molecular complexity index is 5690. The molecule has 15 rings (SSSR count). The summed E-state index contributed by atoms with van der Waals surface area (Å²) in [5, 5.41) is -1.84. The molecule has 0 N–H and O–H groups in total. The van der Waals surface area contributed by atoms with E-state index in [1.807, 2.05) is 84.9 Å². The van der Waals surface area contributed by atoms with Crippen LogP contribution in [-0.4, -0.2) is 29.9 Å². The van der Waals surface area contributed by atoms with Crippen molar-refractivity contribution in [1.29, 1.82) is 0 Å². The minimum absolute atomic E-state index is 0. The summed E-state index contributed by atoms with van der Waals surface area (Å²) in [4.78, 5) is 40.5. The molecule has 2 aliphatic heterocycles. The fourth-order valence-electron chi connectivity index (χ4n) is 10.9. The van der Waals surface area contributed by atoms with Crippen LogP contribution in [0.25, 0.3) is 112 Å². The Hall–Kier alpha value is -5.98. The van der Waals surface area contributed by atoms with Crippen molar-refractivity contribution in [2.45, 2.75) is 0 Å². The van der Waals surface area contributed by atoms with Crippen molar-refractivity contribution in [1.82, 2.24) is 39.9 Å². The van der Waals surface area contributed by atoms with Crippen LogP contribution in [0.2, 0.25) is 80.4 Å². The van der Waals surface area contributed by atoms with Crippen molar-refractivity contribution in [2.75, 3.05) is 0 Å². The summed E-state index contributed by atoms with van der Waals surface area (Å²) in [6.45, 7) is 0. The van der Waals surface area contributed by atoms with Crippen LogP contribution in [-0.2, 0) is 19.5 Å². The van der Waals surface area contributed by atoms with E-state index in [0.29, 0.717) is 22.6 Å². The number of benzene rings is 10. The van der Waals surface area contributed by atoms with E-state index in [-0.39, 0.29) is 224 Å². The Morgan fingerprint density at radius 2 is 0.515 bits per heavy atom. The maximum Gasteiger partial charge on any atom is 2.00 e. The molecular weight excluding hydrogens is 1630 g/mol. The molecule has 0 radical (unpaired) electrons.